The average Bonchev–Trinajstić information content (AvgIpc) is 3.15. The maximum atomic E-state index is 13.5. The molecule has 0 radical (unpaired) electrons. The third kappa shape index (κ3) is 6.05. The molecule has 1 N–H and O–H groups in total. The van der Waals surface area contributed by atoms with Gasteiger partial charge in [-0.25, -0.2) is 17.2 Å². The third-order valence-corrected chi connectivity index (χ3v) is 6.41. The monoisotopic (exact) mass is 466 g/mol. The molecular formula is C20H20F2N4O3S2. The minimum Gasteiger partial charge on any atom is -0.301 e. The van der Waals surface area contributed by atoms with Crippen LogP contribution in [0.2, 0.25) is 0 Å². The van der Waals surface area contributed by atoms with Crippen molar-refractivity contribution >= 4 is 38.1 Å². The molecule has 164 valence electrons. The molecule has 31 heavy (non-hydrogen) atoms. The van der Waals surface area contributed by atoms with Gasteiger partial charge in [-0.15, -0.1) is 10.2 Å². The largest absolute Gasteiger partial charge is 0.301 e. The normalized spacial score (nSPS) is 11.4. The molecule has 0 aliphatic carbocycles. The van der Waals surface area contributed by atoms with E-state index in [4.69, 9.17) is 0 Å². The first-order chi connectivity index (χ1) is 14.6. The van der Waals surface area contributed by atoms with Gasteiger partial charge < -0.3 is 5.32 Å². The Morgan fingerprint density at radius 3 is 2.45 bits per heavy atom. The summed E-state index contributed by atoms with van der Waals surface area (Å²) in [6.07, 6.45) is 1.14. The molecule has 3 aromatic rings. The van der Waals surface area contributed by atoms with Gasteiger partial charge in [0.15, 0.2) is 11.6 Å². The summed E-state index contributed by atoms with van der Waals surface area (Å²) in [5.74, 6) is -2.58. The van der Waals surface area contributed by atoms with E-state index < -0.39 is 21.7 Å². The molecular weight excluding hydrogens is 446 g/mol. The summed E-state index contributed by atoms with van der Waals surface area (Å²) in [7, 11) is -3.74. The number of carbonyl (C=O) groups excluding carboxylic acids is 1. The molecule has 0 saturated carbocycles. The average molecular weight is 467 g/mol. The molecule has 0 fully saturated rings. The second kappa shape index (κ2) is 9.48. The Balaban J connectivity index is 1.58. The molecule has 0 aliphatic heterocycles. The molecule has 0 aliphatic rings. The molecule has 3 rings (SSSR count). The summed E-state index contributed by atoms with van der Waals surface area (Å²) in [4.78, 5) is 12.2. The highest BCUT2D eigenvalue weighted by molar-refractivity contribution is 7.92. The van der Waals surface area contributed by atoms with E-state index >= 15 is 0 Å². The van der Waals surface area contributed by atoms with Crippen LogP contribution in [-0.4, -0.2) is 37.3 Å². The van der Waals surface area contributed by atoms with Crippen molar-refractivity contribution in [2.75, 3.05) is 22.4 Å². The second-order valence-electron chi connectivity index (χ2n) is 6.86. The number of halogens is 2. The number of amides is 1. The van der Waals surface area contributed by atoms with Crippen LogP contribution in [-0.2, 0) is 14.8 Å². The highest BCUT2D eigenvalue weighted by Gasteiger charge is 2.19. The van der Waals surface area contributed by atoms with Gasteiger partial charge in [0.2, 0.25) is 21.1 Å². The Morgan fingerprint density at radius 1 is 1.10 bits per heavy atom. The fourth-order valence-corrected chi connectivity index (χ4v) is 4.50. The number of hydrogen-bond donors (Lipinski definition) is 1. The number of aryl methyl sites for hydroxylation is 1. The number of hydrogen-bond acceptors (Lipinski definition) is 6. The van der Waals surface area contributed by atoms with Crippen molar-refractivity contribution in [1.82, 2.24) is 10.2 Å². The van der Waals surface area contributed by atoms with E-state index in [2.05, 4.69) is 15.5 Å². The van der Waals surface area contributed by atoms with Gasteiger partial charge in [-0.3, -0.25) is 9.10 Å². The van der Waals surface area contributed by atoms with Crippen LogP contribution in [0.15, 0.2) is 42.5 Å². The fourth-order valence-electron chi connectivity index (χ4n) is 2.78. The molecule has 1 amide bonds. The van der Waals surface area contributed by atoms with Crippen molar-refractivity contribution in [2.24, 2.45) is 0 Å². The van der Waals surface area contributed by atoms with Crippen molar-refractivity contribution in [3.05, 3.63) is 59.7 Å². The summed E-state index contributed by atoms with van der Waals surface area (Å²) in [5, 5.41) is 11.7. The van der Waals surface area contributed by atoms with Crippen molar-refractivity contribution < 1.29 is 22.0 Å². The first-order valence-electron chi connectivity index (χ1n) is 9.26. The Bertz CT molecular complexity index is 1180. The van der Waals surface area contributed by atoms with E-state index in [0.717, 1.165) is 33.8 Å². The van der Waals surface area contributed by atoms with Crippen LogP contribution in [0, 0.1) is 18.6 Å². The van der Waals surface area contributed by atoms with E-state index in [1.807, 2.05) is 31.2 Å². The zero-order valence-electron chi connectivity index (χ0n) is 16.8. The Kier molecular flexibility index (Phi) is 6.96. The number of carbonyl (C=O) groups is 1. The first-order valence-corrected chi connectivity index (χ1v) is 11.9. The summed E-state index contributed by atoms with van der Waals surface area (Å²) in [6.45, 7) is 1.91. The van der Waals surface area contributed by atoms with Gasteiger partial charge in [0.1, 0.15) is 5.01 Å². The molecule has 2 aromatic carbocycles. The van der Waals surface area contributed by atoms with Crippen molar-refractivity contribution in [3.8, 4) is 10.6 Å². The number of nitrogens with one attached hydrogen (secondary N) is 1. The molecule has 0 unspecified atom stereocenters. The lowest BCUT2D eigenvalue weighted by Gasteiger charge is -2.22. The van der Waals surface area contributed by atoms with Crippen LogP contribution in [0.3, 0.4) is 0 Å². The van der Waals surface area contributed by atoms with Crippen LogP contribution in [0.1, 0.15) is 18.4 Å². The van der Waals surface area contributed by atoms with E-state index in [0.29, 0.717) is 10.1 Å². The first kappa shape index (κ1) is 22.8. The predicted octanol–water partition coefficient (Wildman–Crippen LogP) is 3.98. The van der Waals surface area contributed by atoms with Crippen LogP contribution < -0.4 is 9.62 Å². The maximum Gasteiger partial charge on any atom is 0.232 e. The number of anilines is 2. The smallest absolute Gasteiger partial charge is 0.232 e. The fraction of sp³-hybridized carbons (Fsp3) is 0.250. The summed E-state index contributed by atoms with van der Waals surface area (Å²) >= 11 is 1.23. The van der Waals surface area contributed by atoms with Gasteiger partial charge in [0.25, 0.3) is 0 Å². The van der Waals surface area contributed by atoms with Crippen molar-refractivity contribution in [1.29, 1.82) is 0 Å². The number of benzene rings is 2. The third-order valence-electron chi connectivity index (χ3n) is 4.33. The number of nitrogens with zero attached hydrogens (tertiary/aromatic N) is 3. The summed E-state index contributed by atoms with van der Waals surface area (Å²) in [5.41, 5.74) is 2.00. The SMILES string of the molecule is Cc1ccc(-c2nnc(NC(=O)CCCN(c3ccc(F)c(F)c3)S(C)(=O)=O)s2)cc1. The lowest BCUT2D eigenvalue weighted by molar-refractivity contribution is -0.116. The highest BCUT2D eigenvalue weighted by Crippen LogP contribution is 2.26. The minimum atomic E-state index is -3.74. The zero-order valence-corrected chi connectivity index (χ0v) is 18.4. The molecule has 0 atom stereocenters. The van der Waals surface area contributed by atoms with Crippen LogP contribution in [0.25, 0.3) is 10.6 Å². The lowest BCUT2D eigenvalue weighted by Crippen LogP contribution is -2.31. The predicted molar refractivity (Wildman–Crippen MR) is 116 cm³/mol. The van der Waals surface area contributed by atoms with Gasteiger partial charge in [-0.2, -0.15) is 0 Å². The zero-order chi connectivity index (χ0) is 22.6. The van der Waals surface area contributed by atoms with Gasteiger partial charge in [0, 0.05) is 24.6 Å². The van der Waals surface area contributed by atoms with Crippen molar-refractivity contribution in [3.63, 3.8) is 0 Å². The number of aromatic nitrogens is 2. The Morgan fingerprint density at radius 2 is 1.81 bits per heavy atom. The maximum absolute atomic E-state index is 13.5. The van der Waals surface area contributed by atoms with E-state index in [9.17, 15) is 22.0 Å². The van der Waals surface area contributed by atoms with Gasteiger partial charge >= 0.3 is 0 Å². The van der Waals surface area contributed by atoms with Gasteiger partial charge in [-0.05, 0) is 25.5 Å². The summed E-state index contributed by atoms with van der Waals surface area (Å²) in [6, 6.07) is 10.6. The molecule has 1 heterocycles. The second-order valence-corrected chi connectivity index (χ2v) is 9.75. The van der Waals surface area contributed by atoms with Crippen LogP contribution >= 0.6 is 11.3 Å². The van der Waals surface area contributed by atoms with Crippen LogP contribution in [0.5, 0.6) is 0 Å². The molecule has 0 saturated heterocycles. The van der Waals surface area contributed by atoms with Crippen molar-refractivity contribution in [2.45, 2.75) is 19.8 Å². The highest BCUT2D eigenvalue weighted by atomic mass is 32.2. The van der Waals surface area contributed by atoms with E-state index in [1.54, 1.807) is 0 Å². The summed E-state index contributed by atoms with van der Waals surface area (Å²) < 4.78 is 51.7. The quantitative estimate of drug-likeness (QED) is 0.542. The van der Waals surface area contributed by atoms with Crippen LogP contribution in [0.4, 0.5) is 19.6 Å². The number of sulfonamides is 1. The van der Waals surface area contributed by atoms with Gasteiger partial charge in [0.05, 0.1) is 11.9 Å². The Labute approximate surface area is 182 Å². The molecule has 1 aromatic heterocycles. The molecule has 0 spiro atoms. The molecule has 11 heteroatoms. The van der Waals surface area contributed by atoms with E-state index in [1.165, 1.54) is 17.4 Å². The number of rotatable bonds is 8. The minimum absolute atomic E-state index is 0.00586. The van der Waals surface area contributed by atoms with Gasteiger partial charge in [-0.1, -0.05) is 41.2 Å². The standard InChI is InChI=1S/C20H20F2N4O3S2/c1-13-5-7-14(8-6-13)19-24-25-20(30-19)23-18(27)4-3-11-26(31(2,28)29)15-9-10-16(21)17(22)12-15/h5-10,12H,3-4,11H2,1-2H3,(H,23,25,27). The van der Waals surface area contributed by atoms with E-state index in [-0.39, 0.29) is 31.0 Å². The molecule has 7 nitrogen and oxygen atoms in total. The topological polar surface area (TPSA) is 92.3 Å². The Hall–Kier alpha value is -2.92. The lowest BCUT2D eigenvalue weighted by atomic mass is 10.2. The molecule has 0 bridgehead atoms.